The molecule has 1 fully saturated rings. The SMILES string of the molecule is CC.O=S([O-])N1CCCC1c1cccnc1. The van der Waals surface area contributed by atoms with E-state index in [1.54, 1.807) is 12.4 Å². The number of pyridine rings is 1. The first-order chi connectivity index (χ1) is 7.79. The second-order valence-corrected chi connectivity index (χ2v) is 4.21. The summed E-state index contributed by atoms with van der Waals surface area (Å²) in [6.07, 6.45) is 5.24. The Labute approximate surface area is 99.1 Å². The van der Waals surface area contributed by atoms with Crippen molar-refractivity contribution in [3.05, 3.63) is 30.1 Å². The molecule has 4 nitrogen and oxygen atoms in total. The molecule has 1 aromatic heterocycles. The molecular weight excluding hydrogens is 224 g/mol. The summed E-state index contributed by atoms with van der Waals surface area (Å²) in [5.74, 6) is 0. The molecule has 0 saturated carbocycles. The van der Waals surface area contributed by atoms with Crippen molar-refractivity contribution in [1.29, 1.82) is 0 Å². The highest BCUT2D eigenvalue weighted by Gasteiger charge is 2.26. The van der Waals surface area contributed by atoms with Crippen LogP contribution in [0.4, 0.5) is 0 Å². The van der Waals surface area contributed by atoms with Crippen LogP contribution in [0.5, 0.6) is 0 Å². The Hall–Kier alpha value is -0.780. The molecule has 2 atom stereocenters. The van der Waals surface area contributed by atoms with E-state index in [1.807, 2.05) is 26.0 Å². The summed E-state index contributed by atoms with van der Waals surface area (Å²) in [6, 6.07) is 3.74. The van der Waals surface area contributed by atoms with Gasteiger partial charge in [0.05, 0.1) is 0 Å². The van der Waals surface area contributed by atoms with Gasteiger partial charge in [0, 0.05) is 36.2 Å². The maximum atomic E-state index is 10.9. The van der Waals surface area contributed by atoms with Gasteiger partial charge in [0.2, 0.25) is 0 Å². The van der Waals surface area contributed by atoms with Crippen molar-refractivity contribution >= 4 is 11.3 Å². The Balaban J connectivity index is 0.000000606. The van der Waals surface area contributed by atoms with Crippen molar-refractivity contribution in [2.75, 3.05) is 6.54 Å². The maximum absolute atomic E-state index is 10.9. The molecule has 1 saturated heterocycles. The van der Waals surface area contributed by atoms with Gasteiger partial charge in [-0.15, -0.1) is 0 Å². The molecule has 5 heteroatoms. The minimum absolute atomic E-state index is 0.0120. The Kier molecular flexibility index (Phi) is 5.59. The van der Waals surface area contributed by atoms with Crippen LogP contribution in [0.3, 0.4) is 0 Å². The molecule has 90 valence electrons. The van der Waals surface area contributed by atoms with Crippen molar-refractivity contribution in [2.45, 2.75) is 32.7 Å². The fraction of sp³-hybridized carbons (Fsp3) is 0.545. The van der Waals surface area contributed by atoms with Crippen LogP contribution >= 0.6 is 0 Å². The van der Waals surface area contributed by atoms with Gasteiger partial charge in [-0.25, -0.2) is 4.31 Å². The van der Waals surface area contributed by atoms with Gasteiger partial charge >= 0.3 is 0 Å². The summed E-state index contributed by atoms with van der Waals surface area (Å²) in [6.45, 7) is 4.62. The zero-order chi connectivity index (χ0) is 12.0. The van der Waals surface area contributed by atoms with Gasteiger partial charge in [-0.2, -0.15) is 0 Å². The molecule has 0 spiro atoms. The smallest absolute Gasteiger partial charge is 0.0480 e. The average Bonchev–Trinajstić information content (AvgIpc) is 2.82. The summed E-state index contributed by atoms with van der Waals surface area (Å²) in [5.41, 5.74) is 0.981. The van der Waals surface area contributed by atoms with Crippen molar-refractivity contribution in [1.82, 2.24) is 9.29 Å². The molecular formula is C11H17N2O2S-. The Bertz CT molecular complexity index is 332. The number of hydrogen-bond donors (Lipinski definition) is 0. The van der Waals surface area contributed by atoms with E-state index in [0.717, 1.165) is 18.4 Å². The largest absolute Gasteiger partial charge is 0.760 e. The molecule has 2 rings (SSSR count). The normalized spacial score (nSPS) is 22.3. The van der Waals surface area contributed by atoms with Crippen LogP contribution in [0.2, 0.25) is 0 Å². The third kappa shape index (κ3) is 3.10. The van der Waals surface area contributed by atoms with Gasteiger partial charge in [-0.05, 0) is 24.5 Å². The molecule has 0 N–H and O–H groups in total. The van der Waals surface area contributed by atoms with Gasteiger partial charge in [-0.1, -0.05) is 19.9 Å². The van der Waals surface area contributed by atoms with Crippen LogP contribution in [-0.2, 0) is 11.3 Å². The molecule has 0 aromatic carbocycles. The highest BCUT2D eigenvalue weighted by molar-refractivity contribution is 7.76. The highest BCUT2D eigenvalue weighted by Crippen LogP contribution is 2.31. The zero-order valence-corrected chi connectivity index (χ0v) is 10.4. The summed E-state index contributed by atoms with van der Waals surface area (Å²) < 4.78 is 23.3. The van der Waals surface area contributed by atoms with Crippen molar-refractivity contribution in [3.63, 3.8) is 0 Å². The molecule has 1 aliphatic heterocycles. The number of aromatic nitrogens is 1. The number of hydrogen-bond acceptors (Lipinski definition) is 3. The van der Waals surface area contributed by atoms with Gasteiger partial charge in [0.15, 0.2) is 0 Å². The van der Waals surface area contributed by atoms with E-state index >= 15 is 0 Å². The fourth-order valence-corrected chi connectivity index (χ4v) is 2.54. The summed E-state index contributed by atoms with van der Waals surface area (Å²) in [7, 11) is 0. The minimum Gasteiger partial charge on any atom is -0.760 e. The molecule has 1 aliphatic rings. The van der Waals surface area contributed by atoms with Crippen LogP contribution in [0, 0.1) is 0 Å². The highest BCUT2D eigenvalue weighted by atomic mass is 32.2. The lowest BCUT2D eigenvalue weighted by molar-refractivity contribution is 0.374. The van der Waals surface area contributed by atoms with Gasteiger partial charge in [-0.3, -0.25) is 9.19 Å². The standard InChI is InChI=1S/C9H12N2O2S.C2H6/c12-14(13)11-6-2-4-9(11)8-3-1-5-10-7-8;1-2/h1,3,5,7,9H,2,4,6H2,(H,12,13);1-2H3/p-1. The van der Waals surface area contributed by atoms with Crippen LogP contribution in [0.15, 0.2) is 24.5 Å². The first-order valence-electron chi connectivity index (χ1n) is 5.55. The van der Waals surface area contributed by atoms with E-state index in [1.165, 1.54) is 4.31 Å². The summed E-state index contributed by atoms with van der Waals surface area (Å²) >= 11 is -2.12. The Morgan fingerprint density at radius 2 is 2.31 bits per heavy atom. The lowest BCUT2D eigenvalue weighted by atomic mass is 10.1. The Morgan fingerprint density at radius 1 is 1.56 bits per heavy atom. The van der Waals surface area contributed by atoms with Crippen molar-refractivity contribution in [3.8, 4) is 0 Å². The first kappa shape index (κ1) is 13.3. The maximum Gasteiger partial charge on any atom is 0.0480 e. The van der Waals surface area contributed by atoms with E-state index < -0.39 is 11.3 Å². The lowest BCUT2D eigenvalue weighted by Crippen LogP contribution is -2.25. The average molecular weight is 241 g/mol. The van der Waals surface area contributed by atoms with E-state index in [0.29, 0.717) is 6.54 Å². The molecule has 0 bridgehead atoms. The topological polar surface area (TPSA) is 56.3 Å². The lowest BCUT2D eigenvalue weighted by Gasteiger charge is -2.25. The van der Waals surface area contributed by atoms with Crippen LogP contribution in [0.1, 0.15) is 38.3 Å². The molecule has 2 heterocycles. The van der Waals surface area contributed by atoms with E-state index in [9.17, 15) is 8.76 Å². The number of rotatable bonds is 2. The van der Waals surface area contributed by atoms with Gasteiger partial charge in [0.25, 0.3) is 0 Å². The predicted molar refractivity (Wildman–Crippen MR) is 63.2 cm³/mol. The second kappa shape index (κ2) is 6.73. The quantitative estimate of drug-likeness (QED) is 0.744. The van der Waals surface area contributed by atoms with Crippen LogP contribution in [0.25, 0.3) is 0 Å². The summed E-state index contributed by atoms with van der Waals surface area (Å²) in [4.78, 5) is 4.00. The Morgan fingerprint density at radius 3 is 2.88 bits per heavy atom. The third-order valence-electron chi connectivity index (χ3n) is 2.46. The van der Waals surface area contributed by atoms with E-state index in [4.69, 9.17) is 0 Å². The monoisotopic (exact) mass is 241 g/mol. The molecule has 0 aliphatic carbocycles. The van der Waals surface area contributed by atoms with Crippen LogP contribution in [-0.4, -0.2) is 24.6 Å². The second-order valence-electron chi connectivity index (χ2n) is 3.30. The number of nitrogens with zero attached hydrogens (tertiary/aromatic N) is 2. The van der Waals surface area contributed by atoms with Crippen LogP contribution < -0.4 is 0 Å². The molecule has 0 amide bonds. The van der Waals surface area contributed by atoms with Gasteiger partial charge in [0.1, 0.15) is 0 Å². The predicted octanol–water partition coefficient (Wildman–Crippen LogP) is 2.04. The first-order valence-corrected chi connectivity index (χ1v) is 6.58. The van der Waals surface area contributed by atoms with Crippen molar-refractivity contribution in [2.24, 2.45) is 0 Å². The minimum atomic E-state index is -2.12. The summed E-state index contributed by atoms with van der Waals surface area (Å²) in [5, 5.41) is 0. The molecule has 1 aromatic rings. The zero-order valence-electron chi connectivity index (χ0n) is 9.63. The third-order valence-corrected chi connectivity index (χ3v) is 3.28. The fourth-order valence-electron chi connectivity index (χ4n) is 1.82. The van der Waals surface area contributed by atoms with Crippen molar-refractivity contribution < 1.29 is 8.76 Å². The molecule has 0 radical (unpaired) electrons. The van der Waals surface area contributed by atoms with E-state index in [2.05, 4.69) is 4.98 Å². The van der Waals surface area contributed by atoms with E-state index in [-0.39, 0.29) is 6.04 Å². The van der Waals surface area contributed by atoms with Gasteiger partial charge < -0.3 is 4.55 Å². The molecule has 2 unspecified atom stereocenters. The molecule has 16 heavy (non-hydrogen) atoms.